The summed E-state index contributed by atoms with van der Waals surface area (Å²) in [4.78, 5) is 14.2. The maximum absolute atomic E-state index is 13.5. The van der Waals surface area contributed by atoms with Crippen LogP contribution in [0.3, 0.4) is 0 Å². The van der Waals surface area contributed by atoms with Gasteiger partial charge < -0.3 is 4.74 Å². The van der Waals surface area contributed by atoms with E-state index in [1.54, 1.807) is 6.92 Å². The van der Waals surface area contributed by atoms with Crippen molar-refractivity contribution in [2.24, 2.45) is 5.92 Å². The summed E-state index contributed by atoms with van der Waals surface area (Å²) in [6, 6.07) is 7.12. The van der Waals surface area contributed by atoms with Gasteiger partial charge in [-0.1, -0.05) is 38.5 Å². The molecule has 2 aliphatic heterocycles. The molecule has 0 bridgehead atoms. The molecule has 1 saturated heterocycles. The standard InChI is InChI=1S/C21H30FNO2/c1-3-5-6-15-7-8-16-9-10-23-14-17(13-22)20(25-21(24)4-2)12-19(23)18(16)11-15/h7-8,11,17,19-20H,3-6,9-10,12-14H2,1-2H3/t17-,19-,20-/m1/s1/i22-1. The highest BCUT2D eigenvalue weighted by atomic mass is 18.2. The summed E-state index contributed by atoms with van der Waals surface area (Å²) in [5.41, 5.74) is 4.16. The maximum atomic E-state index is 13.5. The summed E-state index contributed by atoms with van der Waals surface area (Å²) in [6.07, 6.45) is 5.29. The van der Waals surface area contributed by atoms with E-state index in [1.165, 1.54) is 29.5 Å². The molecule has 2 aliphatic rings. The fourth-order valence-corrected chi connectivity index (χ4v) is 4.21. The lowest BCUT2D eigenvalue weighted by atomic mass is 9.81. The molecule has 1 aromatic carbocycles. The van der Waals surface area contributed by atoms with E-state index < -0.39 is 6.67 Å². The number of alkyl halides is 1. The van der Waals surface area contributed by atoms with Gasteiger partial charge in [0.1, 0.15) is 6.10 Å². The van der Waals surface area contributed by atoms with Crippen molar-refractivity contribution in [1.82, 2.24) is 4.90 Å². The minimum atomic E-state index is -0.422. The van der Waals surface area contributed by atoms with Crippen LogP contribution >= 0.6 is 0 Å². The smallest absolute Gasteiger partial charge is 0.305 e. The van der Waals surface area contributed by atoms with Gasteiger partial charge in [-0.25, -0.2) is 0 Å². The Hall–Kier alpha value is -1.42. The van der Waals surface area contributed by atoms with Gasteiger partial charge in [0.2, 0.25) is 0 Å². The van der Waals surface area contributed by atoms with Crippen LogP contribution in [0.5, 0.6) is 0 Å². The number of esters is 1. The molecule has 0 spiro atoms. The van der Waals surface area contributed by atoms with Crippen molar-refractivity contribution in [3.8, 4) is 0 Å². The number of unbranched alkanes of at least 4 members (excludes halogenated alkanes) is 1. The van der Waals surface area contributed by atoms with E-state index in [9.17, 15) is 9.18 Å². The van der Waals surface area contributed by atoms with E-state index in [0.717, 1.165) is 19.4 Å². The number of hydrogen-bond acceptors (Lipinski definition) is 3. The van der Waals surface area contributed by atoms with Crippen LogP contribution in [-0.2, 0) is 22.4 Å². The molecule has 4 heteroatoms. The van der Waals surface area contributed by atoms with Crippen molar-refractivity contribution in [3.05, 3.63) is 34.9 Å². The number of hydrogen-bond donors (Lipinski definition) is 0. The maximum Gasteiger partial charge on any atom is 0.305 e. The molecule has 0 aliphatic carbocycles. The number of carbonyl (C=O) groups excluding carboxylic acids is 1. The van der Waals surface area contributed by atoms with Crippen LogP contribution in [0.25, 0.3) is 0 Å². The van der Waals surface area contributed by atoms with Crippen LogP contribution in [-0.4, -0.2) is 36.7 Å². The average Bonchev–Trinajstić information content (AvgIpc) is 2.65. The van der Waals surface area contributed by atoms with Gasteiger partial charge in [0.15, 0.2) is 0 Å². The Balaban J connectivity index is 1.82. The number of nitrogens with zero attached hydrogens (tertiary/aromatic N) is 1. The molecule has 0 radical (unpaired) electrons. The zero-order chi connectivity index (χ0) is 17.8. The first-order chi connectivity index (χ1) is 12.2. The lowest BCUT2D eigenvalue weighted by Gasteiger charge is -2.46. The summed E-state index contributed by atoms with van der Waals surface area (Å²) in [6.45, 7) is 5.23. The monoisotopic (exact) mass is 346 g/mol. The largest absolute Gasteiger partial charge is 0.462 e. The average molecular weight is 346 g/mol. The Morgan fingerprint density at radius 1 is 1.36 bits per heavy atom. The van der Waals surface area contributed by atoms with Crippen molar-refractivity contribution in [3.63, 3.8) is 0 Å². The fourth-order valence-electron chi connectivity index (χ4n) is 4.21. The zero-order valence-corrected chi connectivity index (χ0v) is 15.5. The Kier molecular flexibility index (Phi) is 6.10. The van der Waals surface area contributed by atoms with E-state index in [0.29, 0.717) is 19.4 Å². The summed E-state index contributed by atoms with van der Waals surface area (Å²) in [7, 11) is 0. The summed E-state index contributed by atoms with van der Waals surface area (Å²) in [5, 5.41) is 0. The van der Waals surface area contributed by atoms with Crippen LogP contribution in [0.2, 0.25) is 0 Å². The molecule has 3 nitrogen and oxygen atoms in total. The van der Waals surface area contributed by atoms with Crippen molar-refractivity contribution in [2.45, 2.75) is 64.5 Å². The molecule has 1 aromatic rings. The normalized spacial score (nSPS) is 26.0. The molecular formula is C21H30FNO2. The molecule has 0 saturated carbocycles. The van der Waals surface area contributed by atoms with Crippen molar-refractivity contribution in [2.75, 3.05) is 19.8 Å². The van der Waals surface area contributed by atoms with Crippen molar-refractivity contribution in [1.29, 1.82) is 0 Å². The van der Waals surface area contributed by atoms with E-state index >= 15 is 0 Å². The SMILES string of the molecule is CCCCc1ccc2c(c1)[C@H]1C[C@@H](OC(=O)CC)[C@H](C[18F])CN1CC2. The number of piperidine rings is 1. The second-order valence-electron chi connectivity index (χ2n) is 7.43. The Morgan fingerprint density at radius 3 is 2.92 bits per heavy atom. The molecule has 0 amide bonds. The quantitative estimate of drug-likeness (QED) is 0.722. The molecule has 138 valence electrons. The minimum absolute atomic E-state index is 0.198. The molecule has 25 heavy (non-hydrogen) atoms. The van der Waals surface area contributed by atoms with Gasteiger partial charge in [0.05, 0.1) is 6.67 Å². The number of aryl methyl sites for hydroxylation is 1. The third-order valence-corrected chi connectivity index (χ3v) is 5.72. The van der Waals surface area contributed by atoms with E-state index in [4.69, 9.17) is 4.74 Å². The summed E-state index contributed by atoms with van der Waals surface area (Å²) < 4.78 is 19.1. The van der Waals surface area contributed by atoms with Crippen molar-refractivity contribution >= 4 is 5.97 Å². The van der Waals surface area contributed by atoms with Crippen LogP contribution in [0.15, 0.2) is 18.2 Å². The molecule has 0 aromatic heterocycles. The van der Waals surface area contributed by atoms with Gasteiger partial charge in [-0.05, 0) is 36.0 Å². The Bertz CT molecular complexity index is 604. The molecule has 2 heterocycles. The second-order valence-corrected chi connectivity index (χ2v) is 7.43. The molecule has 0 unspecified atom stereocenters. The van der Waals surface area contributed by atoms with Gasteiger partial charge in [-0.2, -0.15) is 0 Å². The van der Waals surface area contributed by atoms with Crippen LogP contribution < -0.4 is 0 Å². The third-order valence-electron chi connectivity index (χ3n) is 5.72. The number of carbonyl (C=O) groups is 1. The Labute approximate surface area is 150 Å². The number of benzene rings is 1. The summed E-state index contributed by atoms with van der Waals surface area (Å²) >= 11 is 0. The molecular weight excluding hydrogens is 316 g/mol. The molecule has 3 rings (SSSR count). The predicted octanol–water partition coefficient (Wildman–Crippen LogP) is 4.24. The Morgan fingerprint density at radius 2 is 2.20 bits per heavy atom. The number of halogens is 1. The van der Waals surface area contributed by atoms with Crippen molar-refractivity contribution < 1.29 is 13.9 Å². The highest BCUT2D eigenvalue weighted by Crippen LogP contribution is 2.40. The molecule has 3 atom stereocenters. The van der Waals surface area contributed by atoms with Gasteiger partial charge in [0, 0.05) is 37.9 Å². The highest BCUT2D eigenvalue weighted by Gasteiger charge is 2.40. The first-order valence-corrected chi connectivity index (χ1v) is 9.77. The minimum Gasteiger partial charge on any atom is -0.462 e. The van der Waals surface area contributed by atoms with Gasteiger partial charge in [0.25, 0.3) is 0 Å². The summed E-state index contributed by atoms with van der Waals surface area (Å²) in [5.74, 6) is -0.416. The molecule has 1 fully saturated rings. The van der Waals surface area contributed by atoms with E-state index in [1.807, 2.05) is 0 Å². The van der Waals surface area contributed by atoms with Crippen LogP contribution in [0, 0.1) is 5.92 Å². The van der Waals surface area contributed by atoms with Crippen LogP contribution in [0.4, 0.5) is 4.39 Å². The van der Waals surface area contributed by atoms with E-state index in [2.05, 4.69) is 30.0 Å². The number of rotatable bonds is 6. The predicted molar refractivity (Wildman–Crippen MR) is 97.3 cm³/mol. The second kappa shape index (κ2) is 8.31. The van der Waals surface area contributed by atoms with Gasteiger partial charge >= 0.3 is 5.97 Å². The lowest BCUT2D eigenvalue weighted by molar-refractivity contribution is -0.157. The van der Waals surface area contributed by atoms with Gasteiger partial charge in [-0.3, -0.25) is 14.1 Å². The molecule has 0 N–H and O–H groups in total. The highest BCUT2D eigenvalue weighted by molar-refractivity contribution is 5.69. The topological polar surface area (TPSA) is 29.5 Å². The van der Waals surface area contributed by atoms with Gasteiger partial charge in [-0.15, -0.1) is 0 Å². The number of ether oxygens (including phenoxy) is 1. The lowest BCUT2D eigenvalue weighted by Crippen LogP contribution is -2.49. The zero-order valence-electron chi connectivity index (χ0n) is 15.5. The number of fused-ring (bicyclic) bond motifs is 3. The van der Waals surface area contributed by atoms with E-state index in [-0.39, 0.29) is 24.0 Å². The fraction of sp³-hybridized carbons (Fsp3) is 0.667. The third kappa shape index (κ3) is 4.05. The first kappa shape index (κ1) is 18.4. The van der Waals surface area contributed by atoms with Crippen LogP contribution in [0.1, 0.15) is 62.3 Å². The first-order valence-electron chi connectivity index (χ1n) is 9.77.